The molecule has 0 aromatic heterocycles. The lowest BCUT2D eigenvalue weighted by Gasteiger charge is -2.00. The number of rotatable bonds is 10. The lowest BCUT2D eigenvalue weighted by Crippen LogP contribution is -1.97. The lowest BCUT2D eigenvalue weighted by molar-refractivity contribution is 0.524. The molecule has 0 fully saturated rings. The summed E-state index contributed by atoms with van der Waals surface area (Å²) in [6.45, 7) is 3.14. The molecule has 1 atom stereocenters. The summed E-state index contributed by atoms with van der Waals surface area (Å²) in [7, 11) is -1.17. The predicted molar refractivity (Wildman–Crippen MR) is 72.1 cm³/mol. The van der Waals surface area contributed by atoms with Gasteiger partial charge in [-0.05, 0) is 17.5 Å². The van der Waals surface area contributed by atoms with E-state index in [9.17, 15) is 0 Å². The molecule has 0 aliphatic heterocycles. The summed E-state index contributed by atoms with van der Waals surface area (Å²) in [5.41, 5.74) is 5.42. The van der Waals surface area contributed by atoms with Crippen LogP contribution in [0.1, 0.15) is 71.1 Å². The van der Waals surface area contributed by atoms with Crippen molar-refractivity contribution in [3.63, 3.8) is 0 Å². The van der Waals surface area contributed by atoms with E-state index in [4.69, 9.17) is 15.2 Å². The van der Waals surface area contributed by atoms with Gasteiger partial charge in [-0.1, -0.05) is 64.7 Å². The highest BCUT2D eigenvalue weighted by Gasteiger charge is 1.91. The molecule has 98 valence electrons. The van der Waals surface area contributed by atoms with Crippen LogP contribution in [0, 0.1) is 0 Å². The third-order valence-corrected chi connectivity index (χ3v) is 2.56. The monoisotopic (exact) mass is 250 g/mol. The third kappa shape index (κ3) is 23.7. The summed E-state index contributed by atoms with van der Waals surface area (Å²) in [4.78, 5) is 7.04. The van der Waals surface area contributed by atoms with Gasteiger partial charge in [-0.15, -0.1) is 0 Å². The van der Waals surface area contributed by atoms with Crippen molar-refractivity contribution in [2.24, 2.45) is 5.73 Å². The molecule has 0 heterocycles. The van der Waals surface area contributed by atoms with Crippen LogP contribution < -0.4 is 5.73 Å². The second kappa shape index (κ2) is 20.4. The Bertz CT molecular complexity index is 114. The summed E-state index contributed by atoms with van der Waals surface area (Å²) in [5.74, 6) is 0. The Balaban J connectivity index is 0. The number of hydrogen-bond acceptors (Lipinski definition) is 2. The third-order valence-electron chi connectivity index (χ3n) is 2.56. The van der Waals surface area contributed by atoms with Crippen LogP contribution in [0.3, 0.4) is 0 Å². The summed E-state index contributed by atoms with van der Waals surface area (Å²) in [6.07, 6.45) is 13.9. The number of nitrogens with two attached hydrogens (primary N) is 1. The topological polar surface area (TPSA) is 63.3 Å². The van der Waals surface area contributed by atoms with E-state index in [2.05, 4.69) is 6.92 Å². The highest BCUT2D eigenvalue weighted by molar-refractivity contribution is 7.16. The average molecular weight is 250 g/mol. The summed E-state index contributed by atoms with van der Waals surface area (Å²) < 4.78 is 8.51. The number of unbranched alkanes of at least 4 members (excludes halogenated alkanes) is 9. The van der Waals surface area contributed by atoms with Crippen molar-refractivity contribution < 1.29 is 9.46 Å². The van der Waals surface area contributed by atoms with Gasteiger partial charge in [0.25, 0.3) is 0 Å². The fraction of sp³-hybridized carbons (Fsp3) is 1.00. The molecule has 0 saturated heterocycles. The van der Waals surface area contributed by atoms with Crippen molar-refractivity contribution in [2.45, 2.75) is 71.1 Å². The zero-order valence-corrected chi connectivity index (χ0v) is 11.7. The second-order valence-electron chi connectivity index (χ2n) is 4.06. The van der Waals surface area contributed by atoms with E-state index in [1.807, 2.05) is 0 Å². The molecule has 0 aliphatic carbocycles. The normalized spacial score (nSPS) is 9.94. The highest BCUT2D eigenvalue weighted by Crippen LogP contribution is 2.09. The first-order valence-corrected chi connectivity index (χ1v) is 7.40. The molecule has 4 heteroatoms. The predicted octanol–water partition coefficient (Wildman–Crippen LogP) is 3.78. The summed E-state index contributed by atoms with van der Waals surface area (Å²) in [5, 5.41) is 0. The Kier molecular flexibility index (Phi) is 23.5. The Labute approximate surface area is 102 Å². The molecule has 16 heavy (non-hydrogen) atoms. The van der Waals surface area contributed by atoms with Crippen molar-refractivity contribution in [1.29, 1.82) is 0 Å². The van der Waals surface area contributed by atoms with Crippen LogP contribution in [0.4, 0.5) is 0 Å². The Morgan fingerprint density at radius 1 is 0.875 bits per heavy atom. The van der Waals surface area contributed by atoms with E-state index in [-0.39, 0.29) is 0 Å². The number of hydrogen-bond donors (Lipinski definition) is 2. The van der Waals surface area contributed by atoms with Crippen molar-refractivity contribution in [2.75, 3.05) is 6.54 Å². The lowest BCUT2D eigenvalue weighted by atomic mass is 10.1. The van der Waals surface area contributed by atoms with Crippen LogP contribution >= 0.6 is 8.69 Å². The SMILES string of the molecule is CCCCCCCCCCCCN.O=[PH+]O. The van der Waals surface area contributed by atoms with Crippen LogP contribution in [0.2, 0.25) is 0 Å². The molecule has 0 aromatic rings. The van der Waals surface area contributed by atoms with E-state index in [0.717, 1.165) is 6.54 Å². The maximum atomic E-state index is 8.51. The molecule has 0 amide bonds. The van der Waals surface area contributed by atoms with Crippen molar-refractivity contribution >= 4 is 8.69 Å². The largest absolute Gasteiger partial charge is 0.491 e. The maximum absolute atomic E-state index is 8.51. The summed E-state index contributed by atoms with van der Waals surface area (Å²) >= 11 is 0. The van der Waals surface area contributed by atoms with E-state index >= 15 is 0 Å². The van der Waals surface area contributed by atoms with E-state index in [1.165, 1.54) is 64.2 Å². The van der Waals surface area contributed by atoms with Crippen molar-refractivity contribution in [3.8, 4) is 0 Å². The van der Waals surface area contributed by atoms with Gasteiger partial charge in [-0.3, -0.25) is 0 Å². The Morgan fingerprint density at radius 2 is 1.19 bits per heavy atom. The first-order valence-electron chi connectivity index (χ1n) is 6.54. The minimum Gasteiger partial charge on any atom is -0.330 e. The molecule has 0 saturated carbocycles. The molecular weight excluding hydrogens is 221 g/mol. The molecule has 0 aromatic carbocycles. The van der Waals surface area contributed by atoms with Crippen LogP contribution in [-0.2, 0) is 4.57 Å². The van der Waals surface area contributed by atoms with Gasteiger partial charge >= 0.3 is 8.69 Å². The molecule has 1 unspecified atom stereocenters. The van der Waals surface area contributed by atoms with Crippen LogP contribution in [0.5, 0.6) is 0 Å². The van der Waals surface area contributed by atoms with Crippen LogP contribution in [0.15, 0.2) is 0 Å². The van der Waals surface area contributed by atoms with Gasteiger partial charge in [-0.2, -0.15) is 4.89 Å². The van der Waals surface area contributed by atoms with Crippen molar-refractivity contribution in [1.82, 2.24) is 0 Å². The minimum absolute atomic E-state index is 0.872. The van der Waals surface area contributed by atoms with Crippen LogP contribution in [0.25, 0.3) is 0 Å². The molecule has 0 radical (unpaired) electrons. The maximum Gasteiger partial charge on any atom is 0.491 e. The van der Waals surface area contributed by atoms with Gasteiger partial charge in [0, 0.05) is 0 Å². The second-order valence-corrected chi connectivity index (χ2v) is 4.24. The van der Waals surface area contributed by atoms with Gasteiger partial charge in [-0.25, -0.2) is 0 Å². The molecular formula is C12H29NO2P+. The fourth-order valence-corrected chi connectivity index (χ4v) is 1.63. The molecule has 0 aliphatic rings. The highest BCUT2D eigenvalue weighted by atomic mass is 31.1. The zero-order valence-electron chi connectivity index (χ0n) is 10.7. The molecule has 3 nitrogen and oxygen atoms in total. The molecule has 0 rings (SSSR count). The van der Waals surface area contributed by atoms with Crippen molar-refractivity contribution in [3.05, 3.63) is 0 Å². The summed E-state index contributed by atoms with van der Waals surface area (Å²) in [6, 6.07) is 0. The molecule has 0 spiro atoms. The minimum atomic E-state index is -1.17. The fourth-order valence-electron chi connectivity index (χ4n) is 1.63. The first kappa shape index (κ1) is 18.4. The van der Waals surface area contributed by atoms with Crippen LogP contribution in [-0.4, -0.2) is 11.4 Å². The van der Waals surface area contributed by atoms with E-state index in [1.54, 1.807) is 0 Å². The van der Waals surface area contributed by atoms with Gasteiger partial charge in [0.15, 0.2) is 0 Å². The zero-order chi connectivity index (χ0) is 12.5. The Hall–Kier alpha value is 0.0200. The van der Waals surface area contributed by atoms with Gasteiger partial charge in [0.1, 0.15) is 0 Å². The quantitative estimate of drug-likeness (QED) is 0.458. The standard InChI is InChI=1S/C12H27N.HO2P/c1-2-3-4-5-6-7-8-9-10-11-12-13;1-3-2/h2-13H2,1H3;3H/p+1. The average Bonchev–Trinajstić information content (AvgIpc) is 2.28. The van der Waals surface area contributed by atoms with Gasteiger partial charge in [0.05, 0.1) is 0 Å². The van der Waals surface area contributed by atoms with Gasteiger partial charge in [0.2, 0.25) is 0 Å². The van der Waals surface area contributed by atoms with E-state index in [0.29, 0.717) is 0 Å². The molecule has 3 N–H and O–H groups in total. The Morgan fingerprint density at radius 3 is 1.50 bits per heavy atom. The van der Waals surface area contributed by atoms with Gasteiger partial charge < -0.3 is 5.73 Å². The van der Waals surface area contributed by atoms with E-state index < -0.39 is 8.69 Å². The first-order chi connectivity index (χ1) is 7.83. The molecule has 0 bridgehead atoms. The smallest absolute Gasteiger partial charge is 0.330 e.